The summed E-state index contributed by atoms with van der Waals surface area (Å²) in [5, 5.41) is 4.77. The number of hydrogen-bond donors (Lipinski definition) is 4. The highest BCUT2D eigenvalue weighted by molar-refractivity contribution is 5.88. The van der Waals surface area contributed by atoms with Crippen molar-refractivity contribution in [1.29, 1.82) is 0 Å². The maximum Gasteiger partial charge on any atom is 0.325 e. The zero-order valence-electron chi connectivity index (χ0n) is 10.2. The van der Waals surface area contributed by atoms with Gasteiger partial charge in [-0.15, -0.1) is 0 Å². The predicted octanol–water partition coefficient (Wildman–Crippen LogP) is 0.524. The van der Waals surface area contributed by atoms with E-state index in [1.165, 1.54) is 24.3 Å². The third-order valence-electron chi connectivity index (χ3n) is 2.43. The summed E-state index contributed by atoms with van der Waals surface area (Å²) in [7, 11) is 0. The van der Waals surface area contributed by atoms with Gasteiger partial charge in [0.1, 0.15) is 11.5 Å². The Morgan fingerprint density at radius 2 is 1.90 bits per heavy atom. The van der Waals surface area contributed by atoms with Gasteiger partial charge >= 0.3 is 11.7 Å². The number of amides is 2. The summed E-state index contributed by atoms with van der Waals surface area (Å²) in [6.45, 7) is 0.174. The van der Waals surface area contributed by atoms with Crippen molar-refractivity contribution in [3.8, 4) is 0 Å². The second-order valence-corrected chi connectivity index (χ2v) is 3.92. The quantitative estimate of drug-likeness (QED) is 0.657. The van der Waals surface area contributed by atoms with E-state index in [9.17, 15) is 18.8 Å². The van der Waals surface area contributed by atoms with E-state index in [0.29, 0.717) is 5.56 Å². The fraction of sp³-hybridized carbons (Fsp3) is 0.0833. The van der Waals surface area contributed by atoms with E-state index in [1.807, 2.05) is 4.98 Å². The maximum atomic E-state index is 12.7. The van der Waals surface area contributed by atoms with E-state index < -0.39 is 17.3 Å². The largest absolute Gasteiger partial charge is 0.334 e. The Hall–Kier alpha value is -2.90. The first-order chi connectivity index (χ1) is 9.54. The van der Waals surface area contributed by atoms with Crippen LogP contribution in [0.2, 0.25) is 0 Å². The molecule has 0 atom stereocenters. The molecule has 1 heterocycles. The molecule has 0 aliphatic rings. The van der Waals surface area contributed by atoms with Crippen molar-refractivity contribution in [3.63, 3.8) is 0 Å². The second kappa shape index (κ2) is 5.83. The zero-order valence-corrected chi connectivity index (χ0v) is 10.2. The lowest BCUT2D eigenvalue weighted by atomic mass is 10.2. The first kappa shape index (κ1) is 13.5. The number of aromatic nitrogens is 2. The minimum atomic E-state index is -0.703. The number of halogens is 1. The number of nitrogens with one attached hydrogen (secondary N) is 4. The summed E-state index contributed by atoms with van der Waals surface area (Å²) < 4.78 is 12.7. The molecule has 1 aromatic carbocycles. The van der Waals surface area contributed by atoms with Crippen molar-refractivity contribution in [3.05, 3.63) is 62.7 Å². The molecule has 2 rings (SSSR count). The highest BCUT2D eigenvalue weighted by Crippen LogP contribution is 2.02. The zero-order chi connectivity index (χ0) is 14.5. The van der Waals surface area contributed by atoms with Crippen LogP contribution in [0.15, 0.2) is 40.1 Å². The average molecular weight is 278 g/mol. The fourth-order valence-corrected chi connectivity index (χ4v) is 1.45. The van der Waals surface area contributed by atoms with Crippen LogP contribution in [-0.2, 0) is 6.54 Å². The van der Waals surface area contributed by atoms with E-state index in [0.717, 1.165) is 6.20 Å². The van der Waals surface area contributed by atoms with Gasteiger partial charge in [-0.05, 0) is 17.7 Å². The number of hydrogen-bond acceptors (Lipinski definition) is 3. The van der Waals surface area contributed by atoms with E-state index >= 15 is 0 Å². The maximum absolute atomic E-state index is 12.7. The van der Waals surface area contributed by atoms with Crippen LogP contribution >= 0.6 is 0 Å². The Balaban J connectivity index is 1.94. The molecule has 1 aromatic heterocycles. The van der Waals surface area contributed by atoms with Gasteiger partial charge in [0.2, 0.25) is 0 Å². The Morgan fingerprint density at radius 3 is 2.55 bits per heavy atom. The van der Waals surface area contributed by atoms with Gasteiger partial charge in [0, 0.05) is 12.7 Å². The lowest BCUT2D eigenvalue weighted by Crippen LogP contribution is -2.32. The number of carbonyl (C=O) groups excluding carboxylic acids is 1. The highest BCUT2D eigenvalue weighted by Gasteiger charge is 2.05. The SMILES string of the molecule is O=C(NCc1ccc(F)cc1)Nc1c[nH]c(=O)[nH]c1=O. The van der Waals surface area contributed by atoms with E-state index in [-0.39, 0.29) is 18.0 Å². The topological polar surface area (TPSA) is 107 Å². The van der Waals surface area contributed by atoms with Crippen LogP contribution in [0.3, 0.4) is 0 Å². The van der Waals surface area contributed by atoms with Gasteiger partial charge in [0.05, 0.1) is 0 Å². The molecule has 2 aromatic rings. The molecule has 0 spiro atoms. The number of benzene rings is 1. The first-order valence-corrected chi connectivity index (χ1v) is 5.66. The number of carbonyl (C=O) groups is 1. The number of anilines is 1. The molecule has 0 unspecified atom stereocenters. The van der Waals surface area contributed by atoms with Crippen molar-refractivity contribution in [2.75, 3.05) is 5.32 Å². The molecule has 104 valence electrons. The summed E-state index contributed by atoms with van der Waals surface area (Å²) in [5.74, 6) is -0.363. The molecule has 0 saturated heterocycles. The Kier molecular flexibility index (Phi) is 3.94. The number of urea groups is 1. The molecule has 7 nitrogen and oxygen atoms in total. The van der Waals surface area contributed by atoms with Crippen molar-refractivity contribution in [2.24, 2.45) is 0 Å². The standard InChI is InChI=1S/C12H11FN4O3/c13-8-3-1-7(2-4-8)5-14-11(19)16-9-6-15-12(20)17-10(9)18/h1-4,6H,5H2,(H2,14,16,19)(H2,15,17,18,20). The van der Waals surface area contributed by atoms with Crippen molar-refractivity contribution in [1.82, 2.24) is 15.3 Å². The summed E-state index contributed by atoms with van der Waals surface area (Å²) in [6, 6.07) is 5.00. The molecular formula is C12H11FN4O3. The molecule has 0 aliphatic carbocycles. The monoisotopic (exact) mass is 278 g/mol. The van der Waals surface area contributed by atoms with Gasteiger partial charge in [0.15, 0.2) is 0 Å². The van der Waals surface area contributed by atoms with Gasteiger partial charge in [-0.1, -0.05) is 12.1 Å². The molecule has 2 amide bonds. The molecule has 0 aliphatic heterocycles. The molecule has 20 heavy (non-hydrogen) atoms. The number of aromatic amines is 2. The molecule has 0 bridgehead atoms. The summed E-state index contributed by atoms with van der Waals surface area (Å²) in [6.07, 6.45) is 1.10. The lowest BCUT2D eigenvalue weighted by molar-refractivity contribution is 0.251. The normalized spacial score (nSPS) is 10.1. The van der Waals surface area contributed by atoms with Crippen LogP contribution in [0.5, 0.6) is 0 Å². The molecule has 0 radical (unpaired) electrons. The van der Waals surface area contributed by atoms with Gasteiger partial charge in [-0.3, -0.25) is 9.78 Å². The van der Waals surface area contributed by atoms with Gasteiger partial charge in [-0.2, -0.15) is 0 Å². The Morgan fingerprint density at radius 1 is 1.20 bits per heavy atom. The summed E-state index contributed by atoms with van der Waals surface area (Å²) >= 11 is 0. The van der Waals surface area contributed by atoms with Gasteiger partial charge in [-0.25, -0.2) is 14.0 Å². The van der Waals surface area contributed by atoms with Crippen LogP contribution in [-0.4, -0.2) is 16.0 Å². The third kappa shape index (κ3) is 3.55. The molecule has 8 heteroatoms. The highest BCUT2D eigenvalue weighted by atomic mass is 19.1. The second-order valence-electron chi connectivity index (χ2n) is 3.92. The van der Waals surface area contributed by atoms with Crippen LogP contribution in [0.4, 0.5) is 14.9 Å². The fourth-order valence-electron chi connectivity index (χ4n) is 1.45. The Labute approximate surface area is 111 Å². The molecule has 0 saturated carbocycles. The van der Waals surface area contributed by atoms with E-state index in [1.54, 1.807) is 0 Å². The molecular weight excluding hydrogens is 267 g/mol. The van der Waals surface area contributed by atoms with Crippen molar-refractivity contribution < 1.29 is 9.18 Å². The lowest BCUT2D eigenvalue weighted by Gasteiger charge is -2.06. The molecule has 0 fully saturated rings. The average Bonchev–Trinajstić information content (AvgIpc) is 2.41. The van der Waals surface area contributed by atoms with Crippen LogP contribution in [0.25, 0.3) is 0 Å². The minimum absolute atomic E-state index is 0.0822. The summed E-state index contributed by atoms with van der Waals surface area (Å²) in [5.41, 5.74) is -0.740. The molecule has 4 N–H and O–H groups in total. The number of rotatable bonds is 3. The Bertz CT molecular complexity index is 720. The van der Waals surface area contributed by atoms with Gasteiger partial charge in [0.25, 0.3) is 5.56 Å². The summed E-state index contributed by atoms with van der Waals surface area (Å²) in [4.78, 5) is 37.9. The van der Waals surface area contributed by atoms with Crippen LogP contribution < -0.4 is 21.9 Å². The van der Waals surface area contributed by atoms with E-state index in [4.69, 9.17) is 0 Å². The first-order valence-electron chi connectivity index (χ1n) is 5.66. The third-order valence-corrected chi connectivity index (χ3v) is 2.43. The smallest absolute Gasteiger partial charge is 0.325 e. The van der Waals surface area contributed by atoms with Crippen LogP contribution in [0, 0.1) is 5.82 Å². The van der Waals surface area contributed by atoms with E-state index in [2.05, 4.69) is 15.6 Å². The predicted molar refractivity (Wildman–Crippen MR) is 69.9 cm³/mol. The van der Waals surface area contributed by atoms with Crippen LogP contribution in [0.1, 0.15) is 5.56 Å². The van der Waals surface area contributed by atoms with Gasteiger partial charge < -0.3 is 15.6 Å². The van der Waals surface area contributed by atoms with Crippen molar-refractivity contribution in [2.45, 2.75) is 6.54 Å². The number of H-pyrrole nitrogens is 2. The minimum Gasteiger partial charge on any atom is -0.334 e. The van der Waals surface area contributed by atoms with Crippen molar-refractivity contribution >= 4 is 11.7 Å².